The molecule has 136 valence electrons. The lowest BCUT2D eigenvalue weighted by Gasteiger charge is -2.54. The van der Waals surface area contributed by atoms with Gasteiger partial charge in [-0.3, -0.25) is 9.63 Å². The molecule has 1 atom stereocenters. The maximum Gasteiger partial charge on any atom is 0.408 e. The van der Waals surface area contributed by atoms with Gasteiger partial charge >= 0.3 is 6.09 Å². The summed E-state index contributed by atoms with van der Waals surface area (Å²) < 4.78 is 5.30. The van der Waals surface area contributed by atoms with E-state index in [1.165, 1.54) is 5.06 Å². The first-order valence-electron chi connectivity index (χ1n) is 8.82. The van der Waals surface area contributed by atoms with Gasteiger partial charge in [-0.1, -0.05) is 43.2 Å². The molecular weight excluding hydrogens is 320 g/mol. The molecule has 2 aliphatic rings. The Kier molecular flexibility index (Phi) is 4.73. The van der Waals surface area contributed by atoms with Gasteiger partial charge in [0.15, 0.2) is 0 Å². The summed E-state index contributed by atoms with van der Waals surface area (Å²) in [6.45, 7) is 5.74. The number of hydroxylamine groups is 2. The molecule has 6 heteroatoms. The molecule has 0 bridgehead atoms. The van der Waals surface area contributed by atoms with Crippen molar-refractivity contribution in [1.29, 1.82) is 0 Å². The van der Waals surface area contributed by atoms with Crippen molar-refractivity contribution in [3.63, 3.8) is 0 Å². The van der Waals surface area contributed by atoms with Crippen molar-refractivity contribution in [1.82, 2.24) is 10.4 Å². The quantitative estimate of drug-likeness (QED) is 0.851. The van der Waals surface area contributed by atoms with E-state index in [9.17, 15) is 9.59 Å². The molecule has 1 saturated carbocycles. The number of nitrogens with zero attached hydrogens (tertiary/aromatic N) is 1. The van der Waals surface area contributed by atoms with Crippen molar-refractivity contribution in [2.24, 2.45) is 0 Å². The first-order chi connectivity index (χ1) is 11.8. The van der Waals surface area contributed by atoms with E-state index < -0.39 is 23.3 Å². The molecule has 1 aliphatic heterocycles. The lowest BCUT2D eigenvalue weighted by Crippen LogP contribution is -2.77. The van der Waals surface area contributed by atoms with Crippen LogP contribution in [0, 0.1) is 0 Å². The Morgan fingerprint density at radius 3 is 2.48 bits per heavy atom. The fourth-order valence-corrected chi connectivity index (χ4v) is 3.62. The second-order valence-electron chi connectivity index (χ2n) is 7.78. The van der Waals surface area contributed by atoms with E-state index in [4.69, 9.17) is 9.57 Å². The van der Waals surface area contributed by atoms with E-state index in [2.05, 4.69) is 5.32 Å². The van der Waals surface area contributed by atoms with E-state index >= 15 is 0 Å². The second kappa shape index (κ2) is 6.67. The lowest BCUT2D eigenvalue weighted by atomic mass is 9.79. The Hall–Kier alpha value is -2.08. The number of amides is 2. The molecule has 2 amide bonds. The van der Waals surface area contributed by atoms with Crippen molar-refractivity contribution in [3.8, 4) is 0 Å². The summed E-state index contributed by atoms with van der Waals surface area (Å²) in [6.07, 6.45) is 3.14. The minimum absolute atomic E-state index is 0.205. The van der Waals surface area contributed by atoms with Crippen LogP contribution in [0.3, 0.4) is 0 Å². The molecule has 0 radical (unpaired) electrons. The second-order valence-corrected chi connectivity index (χ2v) is 7.78. The van der Waals surface area contributed by atoms with Crippen LogP contribution < -0.4 is 5.32 Å². The van der Waals surface area contributed by atoms with Crippen LogP contribution in [0.1, 0.15) is 52.0 Å². The SMILES string of the molecule is CC(C)(C)OC(=O)NC1C(=O)N(OCc2ccccc2)C12CCCC2. The highest BCUT2D eigenvalue weighted by atomic mass is 16.7. The molecule has 1 N–H and O–H groups in total. The maximum absolute atomic E-state index is 12.6. The number of carbonyl (C=O) groups excluding carboxylic acids is 2. The van der Waals surface area contributed by atoms with E-state index in [1.807, 2.05) is 30.3 Å². The maximum atomic E-state index is 12.6. The fraction of sp³-hybridized carbons (Fsp3) is 0.579. The minimum Gasteiger partial charge on any atom is -0.444 e. The van der Waals surface area contributed by atoms with Gasteiger partial charge in [-0.15, -0.1) is 0 Å². The van der Waals surface area contributed by atoms with Gasteiger partial charge in [-0.25, -0.2) is 9.86 Å². The molecule has 1 heterocycles. The molecule has 1 aromatic rings. The zero-order valence-electron chi connectivity index (χ0n) is 15.1. The summed E-state index contributed by atoms with van der Waals surface area (Å²) in [5, 5.41) is 4.23. The molecule has 3 rings (SSSR count). The van der Waals surface area contributed by atoms with Crippen molar-refractivity contribution >= 4 is 12.0 Å². The van der Waals surface area contributed by atoms with Crippen LogP contribution >= 0.6 is 0 Å². The lowest BCUT2D eigenvalue weighted by molar-refractivity contribution is -0.269. The Balaban J connectivity index is 1.65. The van der Waals surface area contributed by atoms with E-state index in [-0.39, 0.29) is 5.91 Å². The molecular formula is C19H26N2O4. The minimum atomic E-state index is -0.594. The number of hydrogen-bond acceptors (Lipinski definition) is 4. The third-order valence-electron chi connectivity index (χ3n) is 4.72. The highest BCUT2D eigenvalue weighted by molar-refractivity contribution is 5.93. The highest BCUT2D eigenvalue weighted by Crippen LogP contribution is 2.46. The standard InChI is InChI=1S/C19H26N2O4/c1-18(2,3)25-17(23)20-15-16(22)21(19(15)11-7-8-12-19)24-13-14-9-5-4-6-10-14/h4-6,9-10,15H,7-8,11-13H2,1-3H3,(H,20,23). The first kappa shape index (κ1) is 17.7. The van der Waals surface area contributed by atoms with Crippen LogP contribution in [-0.2, 0) is 21.0 Å². The number of ether oxygens (including phenoxy) is 1. The number of nitrogens with one attached hydrogen (secondary N) is 1. The predicted molar refractivity (Wildman–Crippen MR) is 92.4 cm³/mol. The Bertz CT molecular complexity index is 633. The number of benzene rings is 1. The van der Waals surface area contributed by atoms with E-state index in [0.29, 0.717) is 6.61 Å². The van der Waals surface area contributed by atoms with Crippen LogP contribution in [0.25, 0.3) is 0 Å². The van der Waals surface area contributed by atoms with Crippen LogP contribution in [0.4, 0.5) is 4.79 Å². The molecule has 2 fully saturated rings. The van der Waals surface area contributed by atoms with Crippen molar-refractivity contribution in [2.75, 3.05) is 0 Å². The largest absolute Gasteiger partial charge is 0.444 e. The number of hydrogen-bond donors (Lipinski definition) is 1. The van der Waals surface area contributed by atoms with Crippen LogP contribution in [0.5, 0.6) is 0 Å². The molecule has 1 aromatic carbocycles. The number of carbonyl (C=O) groups is 2. The first-order valence-corrected chi connectivity index (χ1v) is 8.82. The topological polar surface area (TPSA) is 67.9 Å². The van der Waals surface area contributed by atoms with Crippen molar-refractivity contribution in [2.45, 2.75) is 70.2 Å². The van der Waals surface area contributed by atoms with Gasteiger partial charge in [0.1, 0.15) is 18.2 Å². The van der Waals surface area contributed by atoms with Crippen LogP contribution in [-0.4, -0.2) is 34.2 Å². The highest BCUT2D eigenvalue weighted by Gasteiger charge is 2.63. The number of alkyl carbamates (subject to hydrolysis) is 1. The Morgan fingerprint density at radius 2 is 1.88 bits per heavy atom. The Labute approximate surface area is 148 Å². The number of rotatable bonds is 4. The van der Waals surface area contributed by atoms with Gasteiger partial charge < -0.3 is 10.1 Å². The summed E-state index contributed by atoms with van der Waals surface area (Å²) in [7, 11) is 0. The predicted octanol–water partition coefficient (Wildman–Crippen LogP) is 3.17. The van der Waals surface area contributed by atoms with Crippen LogP contribution in [0.2, 0.25) is 0 Å². The van der Waals surface area contributed by atoms with Crippen molar-refractivity contribution in [3.05, 3.63) is 35.9 Å². The molecule has 1 saturated heterocycles. The number of β-lactam (4-membered cyclic amide) rings is 1. The zero-order chi connectivity index (χ0) is 18.1. The molecule has 1 spiro atoms. The van der Waals surface area contributed by atoms with E-state index in [0.717, 1.165) is 31.2 Å². The van der Waals surface area contributed by atoms with Gasteiger partial charge in [0.2, 0.25) is 0 Å². The molecule has 1 aliphatic carbocycles. The van der Waals surface area contributed by atoms with Gasteiger partial charge in [0, 0.05) is 0 Å². The molecule has 1 unspecified atom stereocenters. The van der Waals surface area contributed by atoms with Crippen LogP contribution in [0.15, 0.2) is 30.3 Å². The van der Waals surface area contributed by atoms with Crippen molar-refractivity contribution < 1.29 is 19.2 Å². The summed E-state index contributed by atoms with van der Waals surface area (Å²) in [4.78, 5) is 30.5. The summed E-state index contributed by atoms with van der Waals surface area (Å²) in [5.74, 6) is -0.205. The van der Waals surface area contributed by atoms with Gasteiger partial charge in [-0.2, -0.15) is 0 Å². The molecule has 0 aromatic heterocycles. The third-order valence-corrected chi connectivity index (χ3v) is 4.72. The smallest absolute Gasteiger partial charge is 0.408 e. The Morgan fingerprint density at radius 1 is 1.24 bits per heavy atom. The van der Waals surface area contributed by atoms with E-state index in [1.54, 1.807) is 20.8 Å². The van der Waals surface area contributed by atoms with Gasteiger partial charge in [0.25, 0.3) is 5.91 Å². The summed E-state index contributed by atoms with van der Waals surface area (Å²) >= 11 is 0. The summed E-state index contributed by atoms with van der Waals surface area (Å²) in [6, 6.07) is 9.17. The average Bonchev–Trinajstić information content (AvgIpc) is 3.04. The molecule has 6 nitrogen and oxygen atoms in total. The average molecular weight is 346 g/mol. The monoisotopic (exact) mass is 346 g/mol. The summed E-state index contributed by atoms with van der Waals surface area (Å²) in [5.41, 5.74) is -0.0293. The normalized spacial score (nSPS) is 22.0. The fourth-order valence-electron chi connectivity index (χ4n) is 3.62. The van der Waals surface area contributed by atoms with Gasteiger partial charge in [-0.05, 0) is 39.2 Å². The molecule has 25 heavy (non-hydrogen) atoms. The van der Waals surface area contributed by atoms with Gasteiger partial charge in [0.05, 0.1) is 5.54 Å². The third kappa shape index (κ3) is 3.63. The zero-order valence-corrected chi connectivity index (χ0v) is 15.1.